The van der Waals surface area contributed by atoms with Gasteiger partial charge in [0.2, 0.25) is 5.91 Å². The summed E-state index contributed by atoms with van der Waals surface area (Å²) in [6.07, 6.45) is 2.06. The molecule has 0 aliphatic carbocycles. The number of hydrogen-bond donors (Lipinski definition) is 1. The summed E-state index contributed by atoms with van der Waals surface area (Å²) in [6.45, 7) is 8.28. The maximum Gasteiger partial charge on any atom is 0.238 e. The van der Waals surface area contributed by atoms with Crippen molar-refractivity contribution < 1.29 is 4.79 Å². The number of para-hydroxylation sites is 1. The van der Waals surface area contributed by atoms with E-state index in [1.807, 2.05) is 39.0 Å². The largest absolute Gasteiger partial charge is 0.325 e. The Labute approximate surface area is 118 Å². The van der Waals surface area contributed by atoms with Gasteiger partial charge in [-0.25, -0.2) is 0 Å². The summed E-state index contributed by atoms with van der Waals surface area (Å²) in [7, 11) is 0. The number of anilines is 1. The summed E-state index contributed by atoms with van der Waals surface area (Å²) in [5.74, 6) is 0.0195. The van der Waals surface area contributed by atoms with Crippen LogP contribution in [0.2, 0.25) is 0 Å². The van der Waals surface area contributed by atoms with Gasteiger partial charge in [-0.1, -0.05) is 68.2 Å². The van der Waals surface area contributed by atoms with E-state index in [1.165, 1.54) is 5.56 Å². The molecule has 100 valence electrons. The van der Waals surface area contributed by atoms with Crippen LogP contribution in [0, 0.1) is 5.41 Å². The van der Waals surface area contributed by atoms with Crippen molar-refractivity contribution in [1.29, 1.82) is 0 Å². The lowest BCUT2D eigenvalue weighted by Gasteiger charge is -2.25. The van der Waals surface area contributed by atoms with Gasteiger partial charge in [-0.05, 0) is 23.5 Å². The number of hydrogen-bond acceptors (Lipinski definition) is 1. The molecule has 0 saturated carbocycles. The van der Waals surface area contributed by atoms with Crippen LogP contribution in [0.4, 0.5) is 5.69 Å². The quantitative estimate of drug-likeness (QED) is 0.821. The smallest absolute Gasteiger partial charge is 0.238 e. The Bertz CT molecular complexity index is 409. The zero-order chi connectivity index (χ0) is 13.8. The minimum absolute atomic E-state index is 0.0195. The van der Waals surface area contributed by atoms with Crippen molar-refractivity contribution in [3.63, 3.8) is 0 Å². The van der Waals surface area contributed by atoms with E-state index < -0.39 is 0 Å². The van der Waals surface area contributed by atoms with Crippen molar-refractivity contribution in [1.82, 2.24) is 0 Å². The third-order valence-electron chi connectivity index (χ3n) is 2.79. The minimum Gasteiger partial charge on any atom is -0.325 e. The zero-order valence-corrected chi connectivity index (χ0v) is 13.2. The van der Waals surface area contributed by atoms with Crippen LogP contribution in [0.5, 0.6) is 0 Å². The molecule has 0 heterocycles. The highest BCUT2D eigenvalue weighted by Crippen LogP contribution is 2.28. The number of aryl methyl sites for hydroxylation is 1. The third kappa shape index (κ3) is 4.13. The second-order valence-electron chi connectivity index (χ2n) is 5.62. The molecular weight excluding hydrogens is 290 g/mol. The minimum atomic E-state index is -0.195. The van der Waals surface area contributed by atoms with Crippen molar-refractivity contribution in [2.24, 2.45) is 5.41 Å². The molecule has 1 atom stereocenters. The molecule has 0 radical (unpaired) electrons. The average Bonchev–Trinajstić information content (AvgIpc) is 2.29. The van der Waals surface area contributed by atoms with Gasteiger partial charge < -0.3 is 5.32 Å². The molecule has 1 amide bonds. The number of nitrogens with one attached hydrogen (secondary N) is 1. The van der Waals surface area contributed by atoms with Crippen LogP contribution < -0.4 is 5.32 Å². The molecule has 1 N–H and O–H groups in total. The summed E-state index contributed by atoms with van der Waals surface area (Å²) < 4.78 is 0. The van der Waals surface area contributed by atoms with Crippen LogP contribution >= 0.6 is 15.9 Å². The van der Waals surface area contributed by atoms with Crippen LogP contribution in [-0.4, -0.2) is 10.7 Å². The molecule has 1 aromatic rings. The highest BCUT2D eigenvalue weighted by Gasteiger charge is 2.28. The van der Waals surface area contributed by atoms with Crippen LogP contribution in [0.15, 0.2) is 24.3 Å². The molecule has 0 bridgehead atoms. The summed E-state index contributed by atoms with van der Waals surface area (Å²) in [5, 5.41) is 3.02. The Morgan fingerprint density at radius 3 is 2.50 bits per heavy atom. The molecule has 2 nitrogen and oxygen atoms in total. The summed E-state index contributed by atoms with van der Waals surface area (Å²) >= 11 is 3.47. The summed E-state index contributed by atoms with van der Waals surface area (Å²) in [5.41, 5.74) is 2.03. The van der Waals surface area contributed by atoms with E-state index in [0.29, 0.717) is 0 Å². The highest BCUT2D eigenvalue weighted by molar-refractivity contribution is 9.10. The first kappa shape index (κ1) is 15.2. The van der Waals surface area contributed by atoms with Crippen LogP contribution in [0.25, 0.3) is 0 Å². The molecule has 3 heteroatoms. The Morgan fingerprint density at radius 2 is 1.94 bits per heavy atom. The lowest BCUT2D eigenvalue weighted by molar-refractivity contribution is -0.117. The van der Waals surface area contributed by atoms with Crippen molar-refractivity contribution in [3.05, 3.63) is 29.8 Å². The first-order valence-corrected chi connectivity index (χ1v) is 7.30. The van der Waals surface area contributed by atoms with Crippen molar-refractivity contribution in [2.75, 3.05) is 5.32 Å². The predicted molar refractivity (Wildman–Crippen MR) is 81.2 cm³/mol. The molecule has 0 fully saturated rings. The molecule has 0 aromatic heterocycles. The van der Waals surface area contributed by atoms with E-state index in [1.54, 1.807) is 0 Å². The van der Waals surface area contributed by atoms with E-state index >= 15 is 0 Å². The lowest BCUT2D eigenvalue weighted by Crippen LogP contribution is -2.33. The number of carbonyl (C=O) groups is 1. The maximum absolute atomic E-state index is 12.2. The standard InChI is InChI=1S/C15H22BrNO/c1-5-8-11-9-6-7-10-12(11)17-14(18)13(16)15(2,3)4/h6-7,9-10,13H,5,8H2,1-4H3,(H,17,18). The topological polar surface area (TPSA) is 29.1 Å². The second-order valence-corrected chi connectivity index (χ2v) is 6.54. The monoisotopic (exact) mass is 311 g/mol. The molecule has 1 rings (SSSR count). The molecule has 1 unspecified atom stereocenters. The van der Waals surface area contributed by atoms with E-state index in [9.17, 15) is 4.79 Å². The number of halogens is 1. The summed E-state index contributed by atoms with van der Waals surface area (Å²) in [4.78, 5) is 12.0. The normalized spacial score (nSPS) is 13.2. The van der Waals surface area contributed by atoms with Crippen LogP contribution in [-0.2, 0) is 11.2 Å². The van der Waals surface area contributed by atoms with Gasteiger partial charge in [-0.15, -0.1) is 0 Å². The fourth-order valence-electron chi connectivity index (χ4n) is 1.72. The Kier molecular flexibility index (Phi) is 5.39. The van der Waals surface area contributed by atoms with Gasteiger partial charge in [0.25, 0.3) is 0 Å². The SMILES string of the molecule is CCCc1ccccc1NC(=O)C(Br)C(C)(C)C. The average molecular weight is 312 g/mol. The fraction of sp³-hybridized carbons (Fsp3) is 0.533. The predicted octanol–water partition coefficient (Wildman–Crippen LogP) is 4.39. The van der Waals surface area contributed by atoms with Crippen molar-refractivity contribution in [3.8, 4) is 0 Å². The van der Waals surface area contributed by atoms with Gasteiger partial charge >= 0.3 is 0 Å². The number of rotatable bonds is 4. The van der Waals surface area contributed by atoms with Gasteiger partial charge in [0.15, 0.2) is 0 Å². The number of amides is 1. The Hall–Kier alpha value is -0.830. The van der Waals surface area contributed by atoms with E-state index in [-0.39, 0.29) is 16.1 Å². The van der Waals surface area contributed by atoms with Crippen molar-refractivity contribution in [2.45, 2.75) is 45.4 Å². The number of benzene rings is 1. The molecule has 1 aromatic carbocycles. The van der Waals surface area contributed by atoms with Gasteiger partial charge in [-0.3, -0.25) is 4.79 Å². The molecule has 18 heavy (non-hydrogen) atoms. The number of alkyl halides is 1. The van der Waals surface area contributed by atoms with E-state index in [0.717, 1.165) is 18.5 Å². The van der Waals surface area contributed by atoms with Gasteiger partial charge in [-0.2, -0.15) is 0 Å². The van der Waals surface area contributed by atoms with Gasteiger partial charge in [0.1, 0.15) is 0 Å². The fourth-order valence-corrected chi connectivity index (χ4v) is 1.83. The molecule has 0 aliphatic rings. The van der Waals surface area contributed by atoms with Crippen LogP contribution in [0.1, 0.15) is 39.7 Å². The van der Waals surface area contributed by atoms with Crippen LogP contribution in [0.3, 0.4) is 0 Å². The molecular formula is C15H22BrNO. The summed E-state index contributed by atoms with van der Waals surface area (Å²) in [6, 6.07) is 8.00. The Morgan fingerprint density at radius 1 is 1.33 bits per heavy atom. The highest BCUT2D eigenvalue weighted by atomic mass is 79.9. The second kappa shape index (κ2) is 6.37. The van der Waals surface area contributed by atoms with E-state index in [4.69, 9.17) is 0 Å². The lowest BCUT2D eigenvalue weighted by atomic mass is 9.91. The molecule has 0 saturated heterocycles. The third-order valence-corrected chi connectivity index (χ3v) is 4.57. The molecule has 0 aliphatic heterocycles. The maximum atomic E-state index is 12.2. The zero-order valence-electron chi connectivity index (χ0n) is 11.6. The Balaban J connectivity index is 2.82. The van der Waals surface area contributed by atoms with Gasteiger partial charge in [0, 0.05) is 5.69 Å². The number of carbonyl (C=O) groups excluding carboxylic acids is 1. The molecule has 0 spiro atoms. The van der Waals surface area contributed by atoms with E-state index in [2.05, 4.69) is 34.2 Å². The first-order valence-electron chi connectivity index (χ1n) is 6.39. The van der Waals surface area contributed by atoms with Gasteiger partial charge in [0.05, 0.1) is 4.83 Å². The first-order chi connectivity index (χ1) is 8.36. The van der Waals surface area contributed by atoms with Crippen molar-refractivity contribution >= 4 is 27.5 Å².